The predicted molar refractivity (Wildman–Crippen MR) is 86.7 cm³/mol. The van der Waals surface area contributed by atoms with Gasteiger partial charge in [0.25, 0.3) is 0 Å². The molecule has 0 saturated heterocycles. The summed E-state index contributed by atoms with van der Waals surface area (Å²) in [6.45, 7) is 0.526. The predicted octanol–water partition coefficient (Wildman–Crippen LogP) is 3.11. The van der Waals surface area contributed by atoms with Crippen molar-refractivity contribution in [3.63, 3.8) is 0 Å². The number of rotatable bonds is 5. The number of hydrogen-bond donors (Lipinski definition) is 1. The molecular formula is C18H17FN2O2. The first-order valence-electron chi connectivity index (χ1n) is 7.30. The highest BCUT2D eigenvalue weighted by Gasteiger charge is 2.08. The van der Waals surface area contributed by atoms with Crippen LogP contribution in [-0.4, -0.2) is 17.6 Å². The number of carbonyl (C=O) groups is 1. The summed E-state index contributed by atoms with van der Waals surface area (Å²) in [5.41, 5.74) is 1.62. The fourth-order valence-electron chi connectivity index (χ4n) is 2.55. The first-order valence-corrected chi connectivity index (χ1v) is 7.30. The van der Waals surface area contributed by atoms with Crippen LogP contribution in [0, 0.1) is 5.82 Å². The van der Waals surface area contributed by atoms with Gasteiger partial charge in [-0.05, 0) is 35.7 Å². The number of hydrogen-bond acceptors (Lipinski definition) is 2. The molecule has 118 valence electrons. The number of amides is 1. The molecule has 0 aliphatic heterocycles. The third kappa shape index (κ3) is 3.34. The van der Waals surface area contributed by atoms with E-state index < -0.39 is 0 Å². The maximum Gasteiger partial charge on any atom is 0.240 e. The fourth-order valence-corrected chi connectivity index (χ4v) is 2.55. The first-order chi connectivity index (χ1) is 11.2. The van der Waals surface area contributed by atoms with Gasteiger partial charge < -0.3 is 14.6 Å². The second-order valence-electron chi connectivity index (χ2n) is 5.24. The highest BCUT2D eigenvalue weighted by atomic mass is 19.1. The molecule has 0 fully saturated rings. The first kappa shape index (κ1) is 15.1. The smallest absolute Gasteiger partial charge is 0.240 e. The Morgan fingerprint density at radius 3 is 2.87 bits per heavy atom. The van der Waals surface area contributed by atoms with Crippen molar-refractivity contribution < 1.29 is 13.9 Å². The second kappa shape index (κ2) is 6.52. The van der Waals surface area contributed by atoms with Crippen LogP contribution >= 0.6 is 0 Å². The molecule has 0 aliphatic carbocycles. The lowest BCUT2D eigenvalue weighted by Gasteiger charge is -2.10. The lowest BCUT2D eigenvalue weighted by atomic mass is 10.2. The van der Waals surface area contributed by atoms with Crippen LogP contribution in [0.15, 0.2) is 54.7 Å². The molecule has 0 unspecified atom stereocenters. The summed E-state index contributed by atoms with van der Waals surface area (Å²) in [7, 11) is 1.60. The monoisotopic (exact) mass is 312 g/mol. The third-order valence-electron chi connectivity index (χ3n) is 3.72. The lowest BCUT2D eigenvalue weighted by molar-refractivity contribution is -0.121. The van der Waals surface area contributed by atoms with Crippen molar-refractivity contribution in [2.45, 2.75) is 13.1 Å². The van der Waals surface area contributed by atoms with Gasteiger partial charge in [-0.25, -0.2) is 4.39 Å². The van der Waals surface area contributed by atoms with Gasteiger partial charge in [0.1, 0.15) is 18.1 Å². The van der Waals surface area contributed by atoms with Gasteiger partial charge in [-0.3, -0.25) is 4.79 Å². The molecule has 0 radical (unpaired) electrons. The minimum absolute atomic E-state index is 0.141. The average Bonchev–Trinajstić information content (AvgIpc) is 2.95. The second-order valence-corrected chi connectivity index (χ2v) is 5.24. The normalized spacial score (nSPS) is 10.7. The molecule has 3 aromatic rings. The maximum atomic E-state index is 13.4. The van der Waals surface area contributed by atoms with Crippen LogP contribution in [0.1, 0.15) is 5.56 Å². The molecule has 23 heavy (non-hydrogen) atoms. The Morgan fingerprint density at radius 1 is 1.22 bits per heavy atom. The number of fused-ring (bicyclic) bond motifs is 1. The largest absolute Gasteiger partial charge is 0.496 e. The van der Waals surface area contributed by atoms with Gasteiger partial charge in [0.15, 0.2) is 0 Å². The van der Waals surface area contributed by atoms with Crippen molar-refractivity contribution in [2.24, 2.45) is 0 Å². The van der Waals surface area contributed by atoms with Gasteiger partial charge >= 0.3 is 0 Å². The minimum atomic E-state index is -0.313. The van der Waals surface area contributed by atoms with Crippen LogP contribution in [0.4, 0.5) is 4.39 Å². The zero-order valence-electron chi connectivity index (χ0n) is 12.8. The van der Waals surface area contributed by atoms with Gasteiger partial charge in [-0.15, -0.1) is 0 Å². The molecule has 0 saturated carbocycles. The Labute approximate surface area is 133 Å². The van der Waals surface area contributed by atoms with Gasteiger partial charge in [0, 0.05) is 18.3 Å². The van der Waals surface area contributed by atoms with Crippen LogP contribution in [-0.2, 0) is 17.9 Å². The zero-order valence-corrected chi connectivity index (χ0v) is 12.8. The average molecular weight is 312 g/mol. The van der Waals surface area contributed by atoms with E-state index in [0.29, 0.717) is 12.1 Å². The molecule has 0 aliphatic rings. The highest BCUT2D eigenvalue weighted by molar-refractivity contribution is 5.83. The number of methoxy groups -OCH3 is 1. The third-order valence-corrected chi connectivity index (χ3v) is 3.72. The maximum absolute atomic E-state index is 13.4. The number of para-hydroxylation sites is 1. The molecule has 0 spiro atoms. The van der Waals surface area contributed by atoms with Crippen LogP contribution in [0.5, 0.6) is 5.75 Å². The number of nitrogens with zero attached hydrogens (tertiary/aromatic N) is 1. The van der Waals surface area contributed by atoms with Crippen molar-refractivity contribution in [3.05, 3.63) is 66.1 Å². The van der Waals surface area contributed by atoms with Gasteiger partial charge in [-0.2, -0.15) is 0 Å². The van der Waals surface area contributed by atoms with Crippen molar-refractivity contribution in [3.8, 4) is 5.75 Å². The van der Waals surface area contributed by atoms with Gasteiger partial charge in [-0.1, -0.05) is 18.2 Å². The van der Waals surface area contributed by atoms with Crippen molar-refractivity contribution in [1.29, 1.82) is 0 Å². The van der Waals surface area contributed by atoms with Gasteiger partial charge in [0.05, 0.1) is 12.6 Å². The van der Waals surface area contributed by atoms with E-state index in [1.54, 1.807) is 23.9 Å². The Kier molecular flexibility index (Phi) is 4.28. The van der Waals surface area contributed by atoms with Crippen LogP contribution < -0.4 is 10.1 Å². The van der Waals surface area contributed by atoms with Crippen molar-refractivity contribution in [1.82, 2.24) is 9.88 Å². The zero-order chi connectivity index (χ0) is 16.2. The van der Waals surface area contributed by atoms with Crippen LogP contribution in [0.25, 0.3) is 10.9 Å². The van der Waals surface area contributed by atoms with Crippen LogP contribution in [0.3, 0.4) is 0 Å². The van der Waals surface area contributed by atoms with E-state index in [1.165, 1.54) is 12.1 Å². The molecule has 1 heterocycles. The summed E-state index contributed by atoms with van der Waals surface area (Å²) >= 11 is 0. The van der Waals surface area contributed by atoms with E-state index in [4.69, 9.17) is 4.74 Å². The minimum Gasteiger partial charge on any atom is -0.496 e. The molecule has 1 aromatic heterocycles. The highest BCUT2D eigenvalue weighted by Crippen LogP contribution is 2.18. The molecule has 1 N–H and O–H groups in total. The topological polar surface area (TPSA) is 43.3 Å². The molecule has 4 nitrogen and oxygen atoms in total. The van der Waals surface area contributed by atoms with E-state index in [9.17, 15) is 9.18 Å². The molecule has 1 amide bonds. The van der Waals surface area contributed by atoms with Crippen LogP contribution in [0.2, 0.25) is 0 Å². The number of carbonyl (C=O) groups excluding carboxylic acids is 1. The standard InChI is InChI=1S/C18H17FN2O2/c1-23-17-5-3-2-4-14(17)11-20-18(22)12-21-9-8-13-6-7-15(19)10-16(13)21/h2-10H,11-12H2,1H3,(H,20,22). The van der Waals surface area contributed by atoms with E-state index in [1.807, 2.05) is 30.3 Å². The quantitative estimate of drug-likeness (QED) is 0.786. The number of halogens is 1. The summed E-state index contributed by atoms with van der Waals surface area (Å²) in [4.78, 5) is 12.1. The SMILES string of the molecule is COc1ccccc1CNC(=O)Cn1ccc2ccc(F)cc21. The summed E-state index contributed by atoms with van der Waals surface area (Å²) in [6.07, 6.45) is 1.78. The van der Waals surface area contributed by atoms with E-state index in [2.05, 4.69) is 5.32 Å². The van der Waals surface area contributed by atoms with Crippen molar-refractivity contribution in [2.75, 3.05) is 7.11 Å². The molecule has 0 bridgehead atoms. The van der Waals surface area contributed by atoms with Gasteiger partial charge in [0.2, 0.25) is 5.91 Å². The Morgan fingerprint density at radius 2 is 2.04 bits per heavy atom. The number of ether oxygens (including phenoxy) is 1. The molecule has 5 heteroatoms. The Bertz CT molecular complexity index is 842. The Hall–Kier alpha value is -2.82. The number of benzene rings is 2. The summed E-state index contributed by atoms with van der Waals surface area (Å²) in [6, 6.07) is 13.9. The van der Waals surface area contributed by atoms with E-state index in [0.717, 1.165) is 16.7 Å². The molecule has 3 rings (SSSR count). The molecule has 0 atom stereocenters. The van der Waals surface area contributed by atoms with Crippen molar-refractivity contribution >= 4 is 16.8 Å². The lowest BCUT2D eigenvalue weighted by Crippen LogP contribution is -2.27. The summed E-state index contributed by atoms with van der Waals surface area (Å²) in [5.74, 6) is 0.283. The summed E-state index contributed by atoms with van der Waals surface area (Å²) in [5, 5.41) is 3.76. The molecule has 2 aromatic carbocycles. The van der Waals surface area contributed by atoms with E-state index in [-0.39, 0.29) is 18.3 Å². The van der Waals surface area contributed by atoms with E-state index >= 15 is 0 Å². The fraction of sp³-hybridized carbons (Fsp3) is 0.167. The Balaban J connectivity index is 1.68. The molecular weight excluding hydrogens is 295 g/mol. The number of aromatic nitrogens is 1. The number of nitrogens with one attached hydrogen (secondary N) is 1. The summed E-state index contributed by atoms with van der Waals surface area (Å²) < 4.78 is 20.3.